The normalized spacial score (nSPS) is 10.1. The van der Waals surface area contributed by atoms with Gasteiger partial charge in [0.2, 0.25) is 0 Å². The molecule has 1 heterocycles. The van der Waals surface area contributed by atoms with E-state index in [2.05, 4.69) is 10.3 Å². The van der Waals surface area contributed by atoms with Gasteiger partial charge < -0.3 is 15.6 Å². The number of carbonyl (C=O) groups is 1. The largest absolute Gasteiger partial charge is 0.351 e. The van der Waals surface area contributed by atoms with E-state index >= 15 is 0 Å². The molecule has 5 heteroatoms. The van der Waals surface area contributed by atoms with Gasteiger partial charge in [0.1, 0.15) is 5.69 Å². The first-order valence-corrected chi connectivity index (χ1v) is 4.70. The third-order valence-corrected chi connectivity index (χ3v) is 1.85. The number of nitrogens with two attached hydrogens (primary N) is 1. The van der Waals surface area contributed by atoms with Crippen molar-refractivity contribution in [2.75, 3.05) is 13.1 Å². The zero-order valence-corrected chi connectivity index (χ0v) is 8.36. The van der Waals surface area contributed by atoms with E-state index in [1.54, 1.807) is 17.1 Å². The van der Waals surface area contributed by atoms with Crippen molar-refractivity contribution in [3.63, 3.8) is 0 Å². The number of aromatic nitrogens is 2. The lowest BCUT2D eigenvalue weighted by Gasteiger charge is -2.01. The fourth-order valence-corrected chi connectivity index (χ4v) is 1.09. The van der Waals surface area contributed by atoms with Crippen LogP contribution in [0.25, 0.3) is 0 Å². The lowest BCUT2D eigenvalue weighted by Crippen LogP contribution is -2.25. The van der Waals surface area contributed by atoms with Crippen molar-refractivity contribution in [1.82, 2.24) is 14.9 Å². The second-order valence-electron chi connectivity index (χ2n) is 3.18. The Hall–Kier alpha value is -1.36. The number of hydrogen-bond acceptors (Lipinski definition) is 3. The Morgan fingerprint density at radius 3 is 3.00 bits per heavy atom. The molecule has 0 atom stereocenters. The highest BCUT2D eigenvalue weighted by Gasteiger charge is 2.06. The number of rotatable bonds is 5. The molecule has 5 nitrogen and oxygen atoms in total. The highest BCUT2D eigenvalue weighted by atomic mass is 16.1. The lowest BCUT2D eigenvalue weighted by molar-refractivity contribution is 0.0948. The van der Waals surface area contributed by atoms with E-state index in [4.69, 9.17) is 5.73 Å². The molecule has 0 aromatic carbocycles. The Labute approximate surface area is 83.3 Å². The number of imidazole rings is 1. The Morgan fingerprint density at radius 2 is 2.43 bits per heavy atom. The van der Waals surface area contributed by atoms with Crippen LogP contribution in [0.15, 0.2) is 12.5 Å². The Balaban J connectivity index is 2.29. The van der Waals surface area contributed by atoms with E-state index in [0.29, 0.717) is 18.8 Å². The first-order valence-electron chi connectivity index (χ1n) is 4.70. The highest BCUT2D eigenvalue weighted by molar-refractivity contribution is 5.91. The van der Waals surface area contributed by atoms with Crippen LogP contribution in [0.5, 0.6) is 0 Å². The maximum absolute atomic E-state index is 11.4. The molecule has 0 fully saturated rings. The summed E-state index contributed by atoms with van der Waals surface area (Å²) < 4.78 is 1.74. The van der Waals surface area contributed by atoms with Gasteiger partial charge in [0.15, 0.2) is 0 Å². The Morgan fingerprint density at radius 1 is 1.64 bits per heavy atom. The smallest absolute Gasteiger partial charge is 0.271 e. The number of nitrogens with one attached hydrogen (secondary N) is 1. The Bertz CT molecular complexity index is 295. The molecule has 1 aromatic rings. The van der Waals surface area contributed by atoms with E-state index in [-0.39, 0.29) is 5.91 Å². The zero-order valence-electron chi connectivity index (χ0n) is 8.36. The van der Waals surface area contributed by atoms with Crippen LogP contribution in [0.2, 0.25) is 0 Å². The van der Waals surface area contributed by atoms with Gasteiger partial charge in [-0.2, -0.15) is 0 Å². The molecule has 1 amide bonds. The second-order valence-corrected chi connectivity index (χ2v) is 3.18. The van der Waals surface area contributed by atoms with Gasteiger partial charge in [0.25, 0.3) is 5.91 Å². The van der Waals surface area contributed by atoms with E-state index in [0.717, 1.165) is 12.8 Å². The minimum Gasteiger partial charge on any atom is -0.351 e. The highest BCUT2D eigenvalue weighted by Crippen LogP contribution is 1.93. The van der Waals surface area contributed by atoms with Crippen LogP contribution in [0.1, 0.15) is 23.3 Å². The lowest BCUT2D eigenvalue weighted by atomic mass is 10.3. The van der Waals surface area contributed by atoms with Crippen molar-refractivity contribution in [2.24, 2.45) is 12.8 Å². The van der Waals surface area contributed by atoms with Crippen molar-refractivity contribution >= 4 is 5.91 Å². The number of aryl methyl sites for hydroxylation is 1. The van der Waals surface area contributed by atoms with E-state index in [9.17, 15) is 4.79 Å². The van der Waals surface area contributed by atoms with Crippen LogP contribution in [-0.2, 0) is 7.05 Å². The minimum atomic E-state index is -0.123. The number of nitrogens with zero attached hydrogens (tertiary/aromatic N) is 2. The third-order valence-electron chi connectivity index (χ3n) is 1.85. The molecule has 0 unspecified atom stereocenters. The molecule has 14 heavy (non-hydrogen) atoms. The molecule has 78 valence electrons. The molecule has 1 aromatic heterocycles. The summed E-state index contributed by atoms with van der Waals surface area (Å²) in [6.07, 6.45) is 5.14. The minimum absolute atomic E-state index is 0.123. The molecule has 0 saturated carbocycles. The summed E-state index contributed by atoms with van der Waals surface area (Å²) in [4.78, 5) is 15.3. The van der Waals surface area contributed by atoms with E-state index in [1.165, 1.54) is 0 Å². The third kappa shape index (κ3) is 3.18. The van der Waals surface area contributed by atoms with Crippen LogP contribution >= 0.6 is 0 Å². The molecule has 1 rings (SSSR count). The molecule has 0 bridgehead atoms. The summed E-state index contributed by atoms with van der Waals surface area (Å²) in [7, 11) is 1.83. The van der Waals surface area contributed by atoms with Crippen LogP contribution in [-0.4, -0.2) is 28.5 Å². The number of amides is 1. The van der Waals surface area contributed by atoms with Gasteiger partial charge in [0.05, 0.1) is 6.33 Å². The van der Waals surface area contributed by atoms with Gasteiger partial charge in [-0.3, -0.25) is 4.79 Å². The van der Waals surface area contributed by atoms with Crippen molar-refractivity contribution < 1.29 is 4.79 Å². The molecule has 0 saturated heterocycles. The Kier molecular flexibility index (Phi) is 4.12. The topological polar surface area (TPSA) is 72.9 Å². The first kappa shape index (κ1) is 10.7. The molecule has 0 spiro atoms. The van der Waals surface area contributed by atoms with Crippen molar-refractivity contribution in [1.29, 1.82) is 0 Å². The van der Waals surface area contributed by atoms with Crippen molar-refractivity contribution in [2.45, 2.75) is 12.8 Å². The standard InChI is InChI=1S/C9H16N4O/c1-13-6-8(12-7-13)9(14)11-5-3-2-4-10/h6-7H,2-5,10H2,1H3,(H,11,14). The number of unbranched alkanes of at least 4 members (excludes halogenated alkanes) is 1. The van der Waals surface area contributed by atoms with Crippen molar-refractivity contribution in [3.8, 4) is 0 Å². The number of carbonyl (C=O) groups excluding carboxylic acids is 1. The summed E-state index contributed by atoms with van der Waals surface area (Å²) in [5.41, 5.74) is 5.79. The molecule has 0 aliphatic carbocycles. The summed E-state index contributed by atoms with van der Waals surface area (Å²) in [6.45, 7) is 1.33. The molecular formula is C9H16N4O. The van der Waals surface area contributed by atoms with E-state index in [1.807, 2.05) is 7.05 Å². The molecule has 0 aliphatic rings. The van der Waals surface area contributed by atoms with Gasteiger partial charge in [0, 0.05) is 19.8 Å². The zero-order chi connectivity index (χ0) is 10.4. The average molecular weight is 196 g/mol. The molecular weight excluding hydrogens is 180 g/mol. The van der Waals surface area contributed by atoms with Gasteiger partial charge in [-0.25, -0.2) is 4.98 Å². The summed E-state index contributed by atoms with van der Waals surface area (Å²) in [5.74, 6) is -0.123. The van der Waals surface area contributed by atoms with Gasteiger partial charge >= 0.3 is 0 Å². The summed E-state index contributed by atoms with van der Waals surface area (Å²) in [5, 5.41) is 2.78. The van der Waals surface area contributed by atoms with Gasteiger partial charge in [-0.05, 0) is 19.4 Å². The predicted octanol–water partition coefficient (Wildman–Crippen LogP) is -0.111. The predicted molar refractivity (Wildman–Crippen MR) is 53.8 cm³/mol. The van der Waals surface area contributed by atoms with Gasteiger partial charge in [-0.1, -0.05) is 0 Å². The first-order chi connectivity index (χ1) is 6.74. The molecule has 0 radical (unpaired) electrons. The average Bonchev–Trinajstić information content (AvgIpc) is 2.59. The SMILES string of the molecule is Cn1cnc(C(=O)NCCCCN)c1. The van der Waals surface area contributed by atoms with Crippen LogP contribution in [0.4, 0.5) is 0 Å². The molecule has 0 aliphatic heterocycles. The second kappa shape index (κ2) is 5.39. The van der Waals surface area contributed by atoms with Crippen molar-refractivity contribution in [3.05, 3.63) is 18.2 Å². The van der Waals surface area contributed by atoms with Gasteiger partial charge in [-0.15, -0.1) is 0 Å². The summed E-state index contributed by atoms with van der Waals surface area (Å²) in [6, 6.07) is 0. The maximum atomic E-state index is 11.4. The van der Waals surface area contributed by atoms with Crippen LogP contribution in [0, 0.1) is 0 Å². The van der Waals surface area contributed by atoms with Crippen LogP contribution < -0.4 is 11.1 Å². The monoisotopic (exact) mass is 196 g/mol. The molecule has 3 N–H and O–H groups in total. The fourth-order valence-electron chi connectivity index (χ4n) is 1.09. The number of hydrogen-bond donors (Lipinski definition) is 2. The quantitative estimate of drug-likeness (QED) is 0.645. The maximum Gasteiger partial charge on any atom is 0.271 e. The summed E-state index contributed by atoms with van der Waals surface area (Å²) >= 11 is 0. The van der Waals surface area contributed by atoms with E-state index < -0.39 is 0 Å². The fraction of sp³-hybridized carbons (Fsp3) is 0.556. The van der Waals surface area contributed by atoms with Crippen LogP contribution in [0.3, 0.4) is 0 Å².